The van der Waals surface area contributed by atoms with Gasteiger partial charge in [-0.15, -0.1) is 0 Å². The lowest BCUT2D eigenvalue weighted by Gasteiger charge is -2.09. The van der Waals surface area contributed by atoms with Crippen molar-refractivity contribution in [1.82, 2.24) is 0 Å². The Hall–Kier alpha value is -3.40. The van der Waals surface area contributed by atoms with Crippen LogP contribution in [0.4, 0.5) is 5.69 Å². The maximum atomic E-state index is 12.0. The molecule has 0 spiro atoms. The zero-order valence-corrected chi connectivity index (χ0v) is 11.5. The highest BCUT2D eigenvalue weighted by Gasteiger charge is 2.15. The summed E-state index contributed by atoms with van der Waals surface area (Å²) in [4.78, 5) is 22.2. The molecule has 0 saturated carbocycles. The van der Waals surface area contributed by atoms with Crippen LogP contribution in [0.15, 0.2) is 42.5 Å². The fourth-order valence-electron chi connectivity index (χ4n) is 1.73. The smallest absolute Gasteiger partial charge is 0.343 e. The van der Waals surface area contributed by atoms with Crippen LogP contribution in [0.5, 0.6) is 11.5 Å². The average molecular weight is 298 g/mol. The lowest BCUT2D eigenvalue weighted by molar-refractivity contribution is -0.384. The van der Waals surface area contributed by atoms with E-state index in [-0.39, 0.29) is 22.7 Å². The summed E-state index contributed by atoms with van der Waals surface area (Å²) in [6, 6.07) is 11.5. The van der Waals surface area contributed by atoms with Gasteiger partial charge in [0.05, 0.1) is 29.2 Å². The Labute approximate surface area is 125 Å². The van der Waals surface area contributed by atoms with Crippen LogP contribution in [0.1, 0.15) is 15.9 Å². The monoisotopic (exact) mass is 298 g/mol. The van der Waals surface area contributed by atoms with Crippen molar-refractivity contribution in [3.8, 4) is 17.6 Å². The summed E-state index contributed by atoms with van der Waals surface area (Å²) in [5.74, 6) is -0.414. The van der Waals surface area contributed by atoms with Gasteiger partial charge in [-0.25, -0.2) is 4.79 Å². The van der Waals surface area contributed by atoms with Crippen molar-refractivity contribution in [2.45, 2.75) is 0 Å². The van der Waals surface area contributed by atoms with E-state index in [0.29, 0.717) is 5.56 Å². The first kappa shape index (κ1) is 15.0. The van der Waals surface area contributed by atoms with E-state index in [1.54, 1.807) is 0 Å². The maximum absolute atomic E-state index is 12.0. The molecule has 0 N–H and O–H groups in total. The van der Waals surface area contributed by atoms with Crippen molar-refractivity contribution in [3.05, 3.63) is 63.7 Å². The Bertz CT molecular complexity index is 780. The minimum absolute atomic E-state index is 0.0422. The number of nitriles is 1. The molecule has 7 nitrogen and oxygen atoms in total. The molecule has 0 aliphatic heterocycles. The summed E-state index contributed by atoms with van der Waals surface area (Å²) in [5.41, 5.74) is 0.189. The maximum Gasteiger partial charge on any atom is 0.343 e. The number of hydrogen-bond donors (Lipinski definition) is 0. The van der Waals surface area contributed by atoms with Gasteiger partial charge in [0, 0.05) is 18.2 Å². The summed E-state index contributed by atoms with van der Waals surface area (Å²) in [6.45, 7) is 0. The molecule has 0 aliphatic rings. The number of hydrogen-bond acceptors (Lipinski definition) is 6. The number of carbonyl (C=O) groups is 1. The van der Waals surface area contributed by atoms with Crippen LogP contribution in [0.2, 0.25) is 0 Å². The Morgan fingerprint density at radius 2 is 2.00 bits per heavy atom. The van der Waals surface area contributed by atoms with Crippen LogP contribution in [-0.4, -0.2) is 18.0 Å². The summed E-state index contributed by atoms with van der Waals surface area (Å²) in [6.07, 6.45) is 0. The first-order valence-electron chi connectivity index (χ1n) is 6.10. The zero-order valence-electron chi connectivity index (χ0n) is 11.5. The average Bonchev–Trinajstić information content (AvgIpc) is 2.55. The van der Waals surface area contributed by atoms with Crippen molar-refractivity contribution in [2.75, 3.05) is 7.11 Å². The number of non-ortho nitro benzene ring substituents is 1. The number of methoxy groups -OCH3 is 1. The molecule has 7 heteroatoms. The lowest BCUT2D eigenvalue weighted by atomic mass is 10.2. The van der Waals surface area contributed by atoms with E-state index in [4.69, 9.17) is 14.7 Å². The number of nitrogens with zero attached hydrogens (tertiary/aromatic N) is 2. The number of nitro benzene ring substituents is 1. The van der Waals surface area contributed by atoms with E-state index >= 15 is 0 Å². The predicted octanol–water partition coefficient (Wildman–Crippen LogP) is 2.69. The largest absolute Gasteiger partial charge is 0.493 e. The van der Waals surface area contributed by atoms with E-state index < -0.39 is 10.9 Å². The van der Waals surface area contributed by atoms with Gasteiger partial charge in [-0.2, -0.15) is 5.26 Å². The molecule has 2 aromatic rings. The molecule has 0 unspecified atom stereocenters. The third-order valence-corrected chi connectivity index (χ3v) is 2.79. The van der Waals surface area contributed by atoms with Gasteiger partial charge in [0.2, 0.25) is 0 Å². The SMILES string of the molecule is COc1cc(C#N)ccc1OC(=O)c1cccc([N+](=O)[O-])c1. The molecule has 22 heavy (non-hydrogen) atoms. The van der Waals surface area contributed by atoms with Gasteiger partial charge in [0.1, 0.15) is 0 Å². The predicted molar refractivity (Wildman–Crippen MR) is 75.8 cm³/mol. The molecule has 0 radical (unpaired) electrons. The van der Waals surface area contributed by atoms with Crippen molar-refractivity contribution < 1.29 is 19.2 Å². The van der Waals surface area contributed by atoms with Gasteiger partial charge in [-0.1, -0.05) is 6.07 Å². The molecule has 0 atom stereocenters. The highest BCUT2D eigenvalue weighted by molar-refractivity contribution is 5.92. The molecule has 0 fully saturated rings. The summed E-state index contributed by atoms with van der Waals surface area (Å²) >= 11 is 0. The molecule has 0 aromatic heterocycles. The Morgan fingerprint density at radius 3 is 2.64 bits per heavy atom. The second-order valence-corrected chi connectivity index (χ2v) is 4.17. The quantitative estimate of drug-likeness (QED) is 0.372. The Kier molecular flexibility index (Phi) is 4.34. The topological polar surface area (TPSA) is 102 Å². The van der Waals surface area contributed by atoms with Crippen LogP contribution in [-0.2, 0) is 0 Å². The van der Waals surface area contributed by atoms with Gasteiger partial charge in [-0.3, -0.25) is 10.1 Å². The zero-order chi connectivity index (χ0) is 16.1. The fraction of sp³-hybridized carbons (Fsp3) is 0.0667. The number of rotatable bonds is 4. The van der Waals surface area contributed by atoms with Crippen LogP contribution in [0, 0.1) is 21.4 Å². The molecule has 2 aromatic carbocycles. The minimum atomic E-state index is -0.758. The Morgan fingerprint density at radius 1 is 1.23 bits per heavy atom. The lowest BCUT2D eigenvalue weighted by Crippen LogP contribution is -2.09. The van der Waals surface area contributed by atoms with Gasteiger partial charge in [-0.05, 0) is 18.2 Å². The first-order chi connectivity index (χ1) is 10.5. The molecule has 0 aliphatic carbocycles. The second-order valence-electron chi connectivity index (χ2n) is 4.17. The number of carbonyl (C=O) groups excluding carboxylic acids is 1. The molecule has 0 bridgehead atoms. The van der Waals surface area contributed by atoms with Crippen LogP contribution < -0.4 is 9.47 Å². The van der Waals surface area contributed by atoms with Crippen molar-refractivity contribution in [3.63, 3.8) is 0 Å². The van der Waals surface area contributed by atoms with Gasteiger partial charge >= 0.3 is 5.97 Å². The highest BCUT2D eigenvalue weighted by Crippen LogP contribution is 2.28. The molecule has 0 saturated heterocycles. The van der Waals surface area contributed by atoms with E-state index in [0.717, 1.165) is 6.07 Å². The van der Waals surface area contributed by atoms with Gasteiger partial charge in [0.25, 0.3) is 5.69 Å². The normalized spacial score (nSPS) is 9.64. The van der Waals surface area contributed by atoms with E-state index in [1.807, 2.05) is 6.07 Å². The van der Waals surface area contributed by atoms with Crippen molar-refractivity contribution in [2.24, 2.45) is 0 Å². The summed E-state index contributed by atoms with van der Waals surface area (Å²) in [7, 11) is 1.38. The molecule has 0 heterocycles. The van der Waals surface area contributed by atoms with E-state index in [1.165, 1.54) is 43.5 Å². The summed E-state index contributed by atoms with van der Waals surface area (Å²) in [5, 5.41) is 19.5. The Balaban J connectivity index is 2.27. The number of benzene rings is 2. The number of nitro groups is 1. The van der Waals surface area contributed by atoms with Gasteiger partial charge < -0.3 is 9.47 Å². The molecule has 110 valence electrons. The summed E-state index contributed by atoms with van der Waals surface area (Å²) < 4.78 is 10.2. The standard InChI is InChI=1S/C15H10N2O5/c1-21-14-7-10(9-16)5-6-13(14)22-15(18)11-3-2-4-12(8-11)17(19)20/h2-8H,1H3. The number of esters is 1. The van der Waals surface area contributed by atoms with E-state index in [9.17, 15) is 14.9 Å². The molecular weight excluding hydrogens is 288 g/mol. The van der Waals surface area contributed by atoms with Crippen LogP contribution in [0.25, 0.3) is 0 Å². The third kappa shape index (κ3) is 3.19. The second kappa shape index (κ2) is 6.37. The fourth-order valence-corrected chi connectivity index (χ4v) is 1.73. The van der Waals surface area contributed by atoms with Crippen molar-refractivity contribution in [1.29, 1.82) is 5.26 Å². The third-order valence-electron chi connectivity index (χ3n) is 2.79. The van der Waals surface area contributed by atoms with Crippen LogP contribution >= 0.6 is 0 Å². The van der Waals surface area contributed by atoms with Crippen LogP contribution in [0.3, 0.4) is 0 Å². The minimum Gasteiger partial charge on any atom is -0.493 e. The molecular formula is C15H10N2O5. The molecule has 2 rings (SSSR count). The molecule has 0 amide bonds. The van der Waals surface area contributed by atoms with E-state index in [2.05, 4.69) is 0 Å². The van der Waals surface area contributed by atoms with Gasteiger partial charge in [0.15, 0.2) is 11.5 Å². The number of ether oxygens (including phenoxy) is 2. The van der Waals surface area contributed by atoms with Crippen molar-refractivity contribution >= 4 is 11.7 Å². The first-order valence-corrected chi connectivity index (χ1v) is 6.10. The highest BCUT2D eigenvalue weighted by atomic mass is 16.6.